The lowest BCUT2D eigenvalue weighted by molar-refractivity contribution is 0.0931. The summed E-state index contributed by atoms with van der Waals surface area (Å²) in [6.07, 6.45) is 6.65. The Kier molecular flexibility index (Phi) is 5.65. The highest BCUT2D eigenvalue weighted by Crippen LogP contribution is 2.19. The molecule has 0 unspecified atom stereocenters. The van der Waals surface area contributed by atoms with Crippen molar-refractivity contribution in [3.63, 3.8) is 0 Å². The second-order valence-corrected chi connectivity index (χ2v) is 8.84. The molecule has 1 aromatic carbocycles. The Labute approximate surface area is 221 Å². The third-order valence-corrected chi connectivity index (χ3v) is 6.14. The molecule has 5 aromatic heterocycles. The maximum absolute atomic E-state index is 14.0. The van der Waals surface area contributed by atoms with Crippen LogP contribution in [0.4, 0.5) is 5.82 Å². The number of imidazole rings is 1. The number of nitrogens with zero attached hydrogens (tertiary/aromatic N) is 8. The zero-order valence-corrected chi connectivity index (χ0v) is 21.0. The number of para-hydroxylation sites is 1. The Balaban J connectivity index is 1.45. The molecule has 1 atom stereocenters. The Morgan fingerprint density at radius 1 is 1.08 bits per heavy atom. The summed E-state index contributed by atoms with van der Waals surface area (Å²) in [5.74, 6) is 5.96. The molecule has 39 heavy (non-hydrogen) atoms. The van der Waals surface area contributed by atoms with Crippen LogP contribution in [0.1, 0.15) is 40.4 Å². The van der Waals surface area contributed by atoms with Crippen LogP contribution in [0.2, 0.25) is 0 Å². The number of benzene rings is 1. The lowest BCUT2D eigenvalue weighted by atomic mass is 10.2. The fourth-order valence-corrected chi connectivity index (χ4v) is 4.36. The Hall–Kier alpha value is -5.70. The predicted octanol–water partition coefficient (Wildman–Crippen LogP) is 1.73. The van der Waals surface area contributed by atoms with Gasteiger partial charge in [0.2, 0.25) is 0 Å². The van der Waals surface area contributed by atoms with Crippen LogP contribution in [0.5, 0.6) is 0 Å². The van der Waals surface area contributed by atoms with Crippen LogP contribution in [0.25, 0.3) is 16.9 Å². The normalized spacial score (nSPS) is 11.8. The van der Waals surface area contributed by atoms with Gasteiger partial charge in [0, 0.05) is 25.6 Å². The SMILES string of the molecule is C[C@H](NC(=O)c1c(N)nc2cccnn12)c1nn2ccc(C#Cc3cnn(C)c3)c2c(=O)n1-c1ccccc1. The van der Waals surface area contributed by atoms with Crippen molar-refractivity contribution in [1.82, 2.24) is 43.9 Å². The van der Waals surface area contributed by atoms with Crippen molar-refractivity contribution < 1.29 is 4.79 Å². The molecule has 0 fully saturated rings. The van der Waals surface area contributed by atoms with Crippen molar-refractivity contribution in [2.24, 2.45) is 7.05 Å². The number of amides is 1. The van der Waals surface area contributed by atoms with E-state index in [1.54, 1.807) is 60.5 Å². The second-order valence-electron chi connectivity index (χ2n) is 8.84. The average molecular weight is 519 g/mol. The van der Waals surface area contributed by atoms with Gasteiger partial charge in [0.25, 0.3) is 11.5 Å². The van der Waals surface area contributed by atoms with E-state index in [0.29, 0.717) is 28.2 Å². The molecule has 6 aromatic rings. The Morgan fingerprint density at radius 3 is 2.67 bits per heavy atom. The zero-order valence-electron chi connectivity index (χ0n) is 21.0. The predicted molar refractivity (Wildman–Crippen MR) is 143 cm³/mol. The van der Waals surface area contributed by atoms with Gasteiger partial charge in [-0.2, -0.15) is 15.3 Å². The monoisotopic (exact) mass is 518 g/mol. The molecule has 6 rings (SSSR count). The molecular formula is C27H22N10O2. The standard InChI is InChI=1S/C27H22N10O2/c1-17(31-26(38)23-24(28)32-21-9-6-13-29-37(21)23)25-33-35-14-12-19(11-10-18-15-30-34(2)16-18)22(35)27(39)36(25)20-7-4-3-5-8-20/h3-9,12-17H,28H2,1-2H3,(H,31,38)/t17-/m0/s1. The summed E-state index contributed by atoms with van der Waals surface area (Å²) in [6.45, 7) is 1.74. The molecule has 0 radical (unpaired) electrons. The molecule has 12 heteroatoms. The number of anilines is 1. The van der Waals surface area contributed by atoms with E-state index in [4.69, 9.17) is 10.8 Å². The molecule has 0 spiro atoms. The first-order chi connectivity index (χ1) is 18.9. The number of nitrogens with two attached hydrogens (primary N) is 1. The van der Waals surface area contributed by atoms with Gasteiger partial charge in [-0.25, -0.2) is 14.0 Å². The number of carbonyl (C=O) groups excluding carboxylic acids is 1. The summed E-state index contributed by atoms with van der Waals surface area (Å²) in [7, 11) is 1.81. The number of nitrogens with one attached hydrogen (secondary N) is 1. The van der Waals surface area contributed by atoms with E-state index in [1.807, 2.05) is 25.2 Å². The molecule has 12 nitrogen and oxygen atoms in total. The zero-order chi connectivity index (χ0) is 27.1. The Morgan fingerprint density at radius 2 is 1.90 bits per heavy atom. The molecule has 0 aliphatic carbocycles. The third-order valence-electron chi connectivity index (χ3n) is 6.14. The topological polar surface area (TPSA) is 142 Å². The molecule has 0 aliphatic rings. The van der Waals surface area contributed by atoms with Crippen molar-refractivity contribution in [3.05, 3.63) is 106 Å². The number of nitrogen functional groups attached to an aromatic ring is 1. The third kappa shape index (κ3) is 4.17. The first-order valence-electron chi connectivity index (χ1n) is 12.0. The quantitative estimate of drug-likeness (QED) is 0.339. The molecule has 3 N–H and O–H groups in total. The fourth-order valence-electron chi connectivity index (χ4n) is 4.36. The maximum Gasteiger partial charge on any atom is 0.283 e. The van der Waals surface area contributed by atoms with Crippen LogP contribution in [0.15, 0.2) is 78.1 Å². The first-order valence-corrected chi connectivity index (χ1v) is 12.0. The van der Waals surface area contributed by atoms with Gasteiger partial charge in [0.15, 0.2) is 23.0 Å². The van der Waals surface area contributed by atoms with Crippen LogP contribution in [0, 0.1) is 11.8 Å². The summed E-state index contributed by atoms with van der Waals surface area (Å²) in [5, 5.41) is 15.9. The van der Waals surface area contributed by atoms with Gasteiger partial charge in [-0.05, 0) is 37.3 Å². The van der Waals surface area contributed by atoms with E-state index >= 15 is 0 Å². The molecule has 0 aliphatic heterocycles. The van der Waals surface area contributed by atoms with Gasteiger partial charge in [0.1, 0.15) is 5.52 Å². The van der Waals surface area contributed by atoms with Crippen molar-refractivity contribution in [2.75, 3.05) is 5.73 Å². The number of aromatic nitrogens is 8. The Bertz CT molecular complexity index is 1990. The molecule has 0 saturated carbocycles. The van der Waals surface area contributed by atoms with Gasteiger partial charge in [-0.15, -0.1) is 0 Å². The lowest BCUT2D eigenvalue weighted by Gasteiger charge is -2.19. The molecule has 0 saturated heterocycles. The van der Waals surface area contributed by atoms with E-state index in [0.717, 1.165) is 5.56 Å². The summed E-state index contributed by atoms with van der Waals surface area (Å²) in [5.41, 5.74) is 8.40. The van der Waals surface area contributed by atoms with Crippen LogP contribution in [-0.4, -0.2) is 44.5 Å². The summed E-state index contributed by atoms with van der Waals surface area (Å²) < 4.78 is 5.99. The molecule has 0 bridgehead atoms. The number of fused-ring (bicyclic) bond motifs is 2. The van der Waals surface area contributed by atoms with Crippen LogP contribution in [-0.2, 0) is 7.05 Å². The minimum atomic E-state index is -0.698. The van der Waals surface area contributed by atoms with E-state index < -0.39 is 11.9 Å². The summed E-state index contributed by atoms with van der Waals surface area (Å²) in [4.78, 5) is 31.5. The number of carbonyl (C=O) groups is 1. The number of aryl methyl sites for hydroxylation is 1. The van der Waals surface area contributed by atoms with Crippen molar-refractivity contribution in [3.8, 4) is 17.5 Å². The highest BCUT2D eigenvalue weighted by molar-refractivity contribution is 5.97. The van der Waals surface area contributed by atoms with Crippen molar-refractivity contribution in [2.45, 2.75) is 13.0 Å². The molecule has 1 amide bonds. The van der Waals surface area contributed by atoms with Crippen LogP contribution < -0.4 is 16.6 Å². The average Bonchev–Trinajstić information content (AvgIpc) is 3.63. The first kappa shape index (κ1) is 23.7. The minimum Gasteiger partial charge on any atom is -0.382 e. The van der Waals surface area contributed by atoms with Crippen LogP contribution >= 0.6 is 0 Å². The van der Waals surface area contributed by atoms with Crippen molar-refractivity contribution >= 4 is 22.9 Å². The number of hydrogen-bond donors (Lipinski definition) is 2. The fraction of sp³-hybridized carbons (Fsp3) is 0.111. The number of hydrogen-bond acceptors (Lipinski definition) is 7. The van der Waals surface area contributed by atoms with E-state index in [1.165, 1.54) is 19.8 Å². The second kappa shape index (κ2) is 9.31. The highest BCUT2D eigenvalue weighted by atomic mass is 16.2. The molecular weight excluding hydrogens is 496 g/mol. The van der Waals surface area contributed by atoms with Gasteiger partial charge < -0.3 is 11.1 Å². The molecule has 192 valence electrons. The number of rotatable bonds is 4. The van der Waals surface area contributed by atoms with Gasteiger partial charge in [-0.3, -0.25) is 18.8 Å². The maximum atomic E-state index is 14.0. The van der Waals surface area contributed by atoms with E-state index in [-0.39, 0.29) is 17.1 Å². The summed E-state index contributed by atoms with van der Waals surface area (Å²) in [6, 6.07) is 13.5. The smallest absolute Gasteiger partial charge is 0.283 e. The van der Waals surface area contributed by atoms with E-state index in [9.17, 15) is 9.59 Å². The minimum absolute atomic E-state index is 0.0458. The summed E-state index contributed by atoms with van der Waals surface area (Å²) >= 11 is 0. The largest absolute Gasteiger partial charge is 0.382 e. The lowest BCUT2D eigenvalue weighted by Crippen LogP contribution is -2.35. The highest BCUT2D eigenvalue weighted by Gasteiger charge is 2.25. The van der Waals surface area contributed by atoms with Crippen LogP contribution in [0.3, 0.4) is 0 Å². The molecule has 5 heterocycles. The van der Waals surface area contributed by atoms with Gasteiger partial charge >= 0.3 is 0 Å². The van der Waals surface area contributed by atoms with Gasteiger partial charge in [0.05, 0.1) is 29.1 Å². The van der Waals surface area contributed by atoms with Gasteiger partial charge in [-0.1, -0.05) is 30.0 Å². The van der Waals surface area contributed by atoms with E-state index in [2.05, 4.69) is 32.3 Å². The van der Waals surface area contributed by atoms with Crippen molar-refractivity contribution in [1.29, 1.82) is 0 Å².